The first-order valence-corrected chi connectivity index (χ1v) is 4.57. The molecule has 0 aromatic heterocycles. The van der Waals surface area contributed by atoms with Gasteiger partial charge in [0.25, 0.3) is 0 Å². The van der Waals surface area contributed by atoms with Crippen molar-refractivity contribution < 1.29 is 22.3 Å². The van der Waals surface area contributed by atoms with Gasteiger partial charge in [-0.05, 0) is 12.1 Å². The van der Waals surface area contributed by atoms with Gasteiger partial charge in [-0.25, -0.2) is 4.39 Å². The predicted octanol–water partition coefficient (Wildman–Crippen LogP) is 3.06. The van der Waals surface area contributed by atoms with Crippen molar-refractivity contribution in [3.63, 3.8) is 0 Å². The van der Waals surface area contributed by atoms with Crippen molar-refractivity contribution in [2.45, 2.75) is 12.3 Å². The molecule has 17 heavy (non-hydrogen) atoms. The van der Waals surface area contributed by atoms with Gasteiger partial charge >= 0.3 is 6.18 Å². The quantitative estimate of drug-likeness (QED) is 0.656. The van der Waals surface area contributed by atoms with E-state index < -0.39 is 29.4 Å². The molecule has 0 saturated carbocycles. The van der Waals surface area contributed by atoms with Gasteiger partial charge < -0.3 is 4.74 Å². The fourth-order valence-electron chi connectivity index (χ4n) is 1.52. The molecule has 6 heteroatoms. The highest BCUT2D eigenvalue weighted by atomic mass is 19.4. The van der Waals surface area contributed by atoms with Crippen LogP contribution in [0.2, 0.25) is 0 Å². The van der Waals surface area contributed by atoms with Gasteiger partial charge in [-0.2, -0.15) is 18.4 Å². The molecule has 2 rings (SSSR count). The van der Waals surface area contributed by atoms with Crippen LogP contribution in [0.3, 0.4) is 0 Å². The molecule has 1 aliphatic heterocycles. The van der Waals surface area contributed by atoms with Crippen LogP contribution >= 0.6 is 0 Å². The van der Waals surface area contributed by atoms with Gasteiger partial charge in [-0.3, -0.25) is 0 Å². The largest absolute Gasteiger partial charge is 0.472 e. The number of hydrogen-bond acceptors (Lipinski definition) is 2. The summed E-state index contributed by atoms with van der Waals surface area (Å²) in [5, 5.41) is 8.63. The average Bonchev–Trinajstić information content (AvgIpc) is 2.26. The van der Waals surface area contributed by atoms with Crippen LogP contribution in [-0.2, 0) is 0 Å². The lowest BCUT2D eigenvalue weighted by molar-refractivity contribution is -0.183. The van der Waals surface area contributed by atoms with Crippen LogP contribution in [0.5, 0.6) is 5.75 Å². The maximum absolute atomic E-state index is 13.3. The van der Waals surface area contributed by atoms with E-state index in [2.05, 4.69) is 4.74 Å². The minimum atomic E-state index is -4.75. The van der Waals surface area contributed by atoms with E-state index in [-0.39, 0.29) is 5.56 Å². The molecule has 1 atom stereocenters. The Bertz CT molecular complexity index is 527. The standard InChI is InChI=1S/C11H5F4NO/c12-8-3-1-2-6-4-7(5-16)10(11(13,14)15)17-9(6)8/h1-4,10H/t10-/m0/s1. The summed E-state index contributed by atoms with van der Waals surface area (Å²) >= 11 is 0. The number of rotatable bonds is 0. The Hall–Kier alpha value is -2.03. The van der Waals surface area contributed by atoms with E-state index in [1.807, 2.05) is 0 Å². The molecule has 1 aliphatic rings. The zero-order valence-corrected chi connectivity index (χ0v) is 8.25. The van der Waals surface area contributed by atoms with Crippen LogP contribution in [0.15, 0.2) is 23.8 Å². The molecule has 0 aliphatic carbocycles. The lowest BCUT2D eigenvalue weighted by Gasteiger charge is -2.25. The normalized spacial score (nSPS) is 18.8. The number of alkyl halides is 3. The Morgan fingerprint density at radius 1 is 1.29 bits per heavy atom. The van der Waals surface area contributed by atoms with Crippen LogP contribution < -0.4 is 4.74 Å². The maximum atomic E-state index is 13.3. The third-order valence-corrected chi connectivity index (χ3v) is 2.25. The van der Waals surface area contributed by atoms with E-state index in [0.717, 1.165) is 12.1 Å². The summed E-state index contributed by atoms with van der Waals surface area (Å²) in [7, 11) is 0. The monoisotopic (exact) mass is 243 g/mol. The van der Waals surface area contributed by atoms with E-state index in [0.29, 0.717) is 0 Å². The molecule has 0 fully saturated rings. The first kappa shape index (κ1) is 11.5. The Balaban J connectivity index is 2.54. The van der Waals surface area contributed by atoms with E-state index >= 15 is 0 Å². The number of benzene rings is 1. The fraction of sp³-hybridized carbons (Fsp3) is 0.182. The zero-order valence-electron chi connectivity index (χ0n) is 8.25. The molecular weight excluding hydrogens is 238 g/mol. The Labute approximate surface area is 93.7 Å². The molecule has 0 spiro atoms. The molecule has 0 saturated heterocycles. The minimum absolute atomic E-state index is 0.127. The SMILES string of the molecule is N#CC1=Cc2cccc(F)c2O[C@@H]1C(F)(F)F. The molecule has 88 valence electrons. The molecule has 0 amide bonds. The Morgan fingerprint density at radius 2 is 2.00 bits per heavy atom. The summed E-state index contributed by atoms with van der Waals surface area (Å²) in [6, 6.07) is 5.12. The maximum Gasteiger partial charge on any atom is 0.430 e. The summed E-state index contributed by atoms with van der Waals surface area (Å²) in [5.41, 5.74) is -0.461. The van der Waals surface area contributed by atoms with Crippen molar-refractivity contribution in [2.75, 3.05) is 0 Å². The van der Waals surface area contributed by atoms with Gasteiger partial charge in [-0.1, -0.05) is 12.1 Å². The van der Waals surface area contributed by atoms with Gasteiger partial charge in [-0.15, -0.1) is 0 Å². The number of nitrogens with zero attached hydrogens (tertiary/aromatic N) is 1. The number of hydrogen-bond donors (Lipinski definition) is 0. The van der Waals surface area contributed by atoms with E-state index in [4.69, 9.17) is 5.26 Å². The van der Waals surface area contributed by atoms with Gasteiger partial charge in [0, 0.05) is 5.56 Å². The lowest BCUT2D eigenvalue weighted by atomic mass is 10.0. The van der Waals surface area contributed by atoms with E-state index in [9.17, 15) is 17.6 Å². The van der Waals surface area contributed by atoms with Crippen molar-refractivity contribution in [3.8, 4) is 11.8 Å². The van der Waals surface area contributed by atoms with Crippen LogP contribution in [0.25, 0.3) is 6.08 Å². The second-order valence-electron chi connectivity index (χ2n) is 3.41. The average molecular weight is 243 g/mol. The fourth-order valence-corrected chi connectivity index (χ4v) is 1.52. The molecule has 2 nitrogen and oxygen atoms in total. The molecule has 0 unspecified atom stereocenters. The molecule has 1 aromatic carbocycles. The summed E-state index contributed by atoms with van der Waals surface area (Å²) in [6.07, 6.45) is -6.17. The highest BCUT2D eigenvalue weighted by Gasteiger charge is 2.46. The number of para-hydroxylation sites is 1. The van der Waals surface area contributed by atoms with Crippen molar-refractivity contribution in [1.29, 1.82) is 5.26 Å². The number of ether oxygens (including phenoxy) is 1. The van der Waals surface area contributed by atoms with E-state index in [1.54, 1.807) is 0 Å². The third-order valence-electron chi connectivity index (χ3n) is 2.25. The van der Waals surface area contributed by atoms with Gasteiger partial charge in [0.05, 0.1) is 11.6 Å². The van der Waals surface area contributed by atoms with Gasteiger partial charge in [0.15, 0.2) is 11.6 Å². The van der Waals surface area contributed by atoms with Crippen molar-refractivity contribution >= 4 is 6.08 Å². The van der Waals surface area contributed by atoms with Crippen molar-refractivity contribution in [3.05, 3.63) is 35.2 Å². The second kappa shape index (κ2) is 3.77. The summed E-state index contributed by atoms with van der Waals surface area (Å²) < 4.78 is 55.5. The minimum Gasteiger partial charge on any atom is -0.472 e. The zero-order chi connectivity index (χ0) is 12.6. The molecule has 0 bridgehead atoms. The molecule has 1 aromatic rings. The summed E-state index contributed by atoms with van der Waals surface area (Å²) in [5.74, 6) is -1.36. The Morgan fingerprint density at radius 3 is 2.59 bits per heavy atom. The lowest BCUT2D eigenvalue weighted by Crippen LogP contribution is -2.37. The van der Waals surface area contributed by atoms with Crippen molar-refractivity contribution in [2.24, 2.45) is 0 Å². The topological polar surface area (TPSA) is 33.0 Å². The van der Waals surface area contributed by atoms with E-state index in [1.165, 1.54) is 18.2 Å². The third kappa shape index (κ3) is 1.96. The highest BCUT2D eigenvalue weighted by Crippen LogP contribution is 2.37. The van der Waals surface area contributed by atoms with Crippen LogP contribution in [-0.4, -0.2) is 12.3 Å². The number of halogens is 4. The van der Waals surface area contributed by atoms with Gasteiger partial charge in [0.2, 0.25) is 6.10 Å². The number of nitriles is 1. The molecule has 0 radical (unpaired) electrons. The van der Waals surface area contributed by atoms with Gasteiger partial charge in [0.1, 0.15) is 0 Å². The second-order valence-corrected chi connectivity index (χ2v) is 3.41. The van der Waals surface area contributed by atoms with Crippen molar-refractivity contribution in [1.82, 2.24) is 0 Å². The highest BCUT2D eigenvalue weighted by molar-refractivity contribution is 5.66. The summed E-state index contributed by atoms with van der Waals surface area (Å²) in [6.45, 7) is 0. The number of fused-ring (bicyclic) bond motifs is 1. The summed E-state index contributed by atoms with van der Waals surface area (Å²) in [4.78, 5) is 0. The Kier molecular flexibility index (Phi) is 2.54. The van der Waals surface area contributed by atoms with Crippen LogP contribution in [0.4, 0.5) is 17.6 Å². The van der Waals surface area contributed by atoms with Crippen LogP contribution in [0, 0.1) is 17.1 Å². The first-order valence-electron chi connectivity index (χ1n) is 4.57. The molecule has 0 N–H and O–H groups in total. The molecular formula is C11H5F4NO. The predicted molar refractivity (Wildman–Crippen MR) is 50.5 cm³/mol. The smallest absolute Gasteiger partial charge is 0.430 e. The first-order chi connectivity index (χ1) is 7.93. The van der Waals surface area contributed by atoms with Crippen LogP contribution in [0.1, 0.15) is 5.56 Å². The molecule has 1 heterocycles.